The van der Waals surface area contributed by atoms with Gasteiger partial charge in [-0.1, -0.05) is 73.4 Å². The van der Waals surface area contributed by atoms with Crippen LogP contribution < -0.4 is 5.32 Å². The number of rotatable bonds is 2. The van der Waals surface area contributed by atoms with E-state index in [1.807, 2.05) is 62.4 Å². The summed E-state index contributed by atoms with van der Waals surface area (Å²) < 4.78 is 0. The minimum absolute atomic E-state index is 0.117. The van der Waals surface area contributed by atoms with Crippen molar-refractivity contribution in [3.63, 3.8) is 0 Å². The summed E-state index contributed by atoms with van der Waals surface area (Å²) in [6.45, 7) is 3.92. The molecule has 1 heterocycles. The topological polar surface area (TPSA) is 29.1 Å². The maximum atomic E-state index is 12.8. The molecule has 1 fully saturated rings. The van der Waals surface area contributed by atoms with E-state index in [9.17, 15) is 4.79 Å². The third-order valence-corrected chi connectivity index (χ3v) is 5.43. The van der Waals surface area contributed by atoms with Gasteiger partial charge in [0.05, 0.1) is 0 Å². The van der Waals surface area contributed by atoms with E-state index in [2.05, 4.69) is 5.32 Å². The van der Waals surface area contributed by atoms with Crippen molar-refractivity contribution in [1.82, 2.24) is 5.32 Å². The van der Waals surface area contributed by atoms with Crippen molar-refractivity contribution >= 4 is 29.0 Å². The number of nitrogens with one attached hydrogen (secondary N) is 1. The van der Waals surface area contributed by atoms with E-state index in [4.69, 9.17) is 23.2 Å². The first-order valence-electron chi connectivity index (χ1n) is 7.79. The summed E-state index contributed by atoms with van der Waals surface area (Å²) in [7, 11) is 0. The normalized spacial score (nSPS) is 27.9. The van der Waals surface area contributed by atoms with Gasteiger partial charge in [-0.3, -0.25) is 4.79 Å². The van der Waals surface area contributed by atoms with Crippen LogP contribution in [-0.2, 0) is 4.79 Å². The van der Waals surface area contributed by atoms with Crippen molar-refractivity contribution in [3.05, 3.63) is 69.7 Å². The number of ketones is 1. The fraction of sp³-hybridized carbons (Fsp3) is 0.316. The zero-order valence-corrected chi connectivity index (χ0v) is 14.6. The molecular weight excluding hydrogens is 329 g/mol. The molecule has 0 bridgehead atoms. The maximum Gasteiger partial charge on any atom is 0.142 e. The highest BCUT2D eigenvalue weighted by molar-refractivity contribution is 6.31. The average molecular weight is 348 g/mol. The van der Waals surface area contributed by atoms with Crippen molar-refractivity contribution in [2.24, 2.45) is 11.8 Å². The lowest BCUT2D eigenvalue weighted by atomic mass is 9.76. The second-order valence-corrected chi connectivity index (χ2v) is 6.96. The van der Waals surface area contributed by atoms with Gasteiger partial charge in [0.25, 0.3) is 0 Å². The zero-order valence-electron chi connectivity index (χ0n) is 13.1. The first-order chi connectivity index (χ1) is 11.0. The highest BCUT2D eigenvalue weighted by atomic mass is 35.5. The SMILES string of the molecule is C[C@@H]1C(=O)[C@@H](C)[C@@H](c2ccccc2Cl)N[C@@H]1c1ccccc1Cl. The third kappa shape index (κ3) is 3.03. The Hall–Kier alpha value is -1.35. The molecule has 23 heavy (non-hydrogen) atoms. The molecule has 1 saturated heterocycles. The van der Waals surface area contributed by atoms with Crippen LogP contribution in [0, 0.1) is 11.8 Å². The van der Waals surface area contributed by atoms with Crippen LogP contribution >= 0.6 is 23.2 Å². The summed E-state index contributed by atoms with van der Waals surface area (Å²) in [5.74, 6) is -0.0362. The Morgan fingerprint density at radius 1 is 0.783 bits per heavy atom. The smallest absolute Gasteiger partial charge is 0.142 e. The van der Waals surface area contributed by atoms with E-state index in [1.165, 1.54) is 0 Å². The van der Waals surface area contributed by atoms with Gasteiger partial charge in [-0.25, -0.2) is 0 Å². The largest absolute Gasteiger partial charge is 0.302 e. The summed E-state index contributed by atoms with van der Waals surface area (Å²) in [5, 5.41) is 4.96. The molecule has 2 nitrogen and oxygen atoms in total. The van der Waals surface area contributed by atoms with E-state index >= 15 is 0 Å². The van der Waals surface area contributed by atoms with Crippen molar-refractivity contribution in [3.8, 4) is 0 Å². The third-order valence-electron chi connectivity index (χ3n) is 4.74. The van der Waals surface area contributed by atoms with Gasteiger partial charge < -0.3 is 5.32 Å². The molecule has 120 valence electrons. The molecule has 0 aromatic heterocycles. The molecule has 1 N–H and O–H groups in total. The molecular formula is C19H19Cl2NO. The van der Waals surface area contributed by atoms with Crippen LogP contribution in [0.5, 0.6) is 0 Å². The molecule has 0 unspecified atom stereocenters. The highest BCUT2D eigenvalue weighted by Crippen LogP contribution is 2.41. The van der Waals surface area contributed by atoms with Crippen molar-refractivity contribution in [1.29, 1.82) is 0 Å². The fourth-order valence-electron chi connectivity index (χ4n) is 3.40. The van der Waals surface area contributed by atoms with Gasteiger partial charge in [-0.15, -0.1) is 0 Å². The molecule has 0 aliphatic carbocycles. The van der Waals surface area contributed by atoms with E-state index < -0.39 is 0 Å². The van der Waals surface area contributed by atoms with Crippen molar-refractivity contribution in [2.45, 2.75) is 25.9 Å². The number of piperidine rings is 1. The second-order valence-electron chi connectivity index (χ2n) is 6.14. The fourth-order valence-corrected chi connectivity index (χ4v) is 3.90. The Bertz CT molecular complexity index is 671. The average Bonchev–Trinajstić information content (AvgIpc) is 2.55. The first-order valence-corrected chi connectivity index (χ1v) is 8.55. The van der Waals surface area contributed by atoms with Crippen LogP contribution in [0.2, 0.25) is 10.0 Å². The van der Waals surface area contributed by atoms with Crippen molar-refractivity contribution in [2.75, 3.05) is 0 Å². The van der Waals surface area contributed by atoms with Gasteiger partial charge in [-0.05, 0) is 23.3 Å². The number of Topliss-reactive ketones (excluding diaryl/α,β-unsaturated/α-hetero) is 1. The lowest BCUT2D eigenvalue weighted by molar-refractivity contribution is -0.130. The van der Waals surface area contributed by atoms with E-state index in [0.29, 0.717) is 10.0 Å². The zero-order chi connectivity index (χ0) is 16.6. The maximum absolute atomic E-state index is 12.8. The molecule has 0 amide bonds. The van der Waals surface area contributed by atoms with Crippen LogP contribution in [0.4, 0.5) is 0 Å². The quantitative estimate of drug-likeness (QED) is 0.806. The molecule has 0 spiro atoms. The molecule has 3 rings (SSSR count). The Morgan fingerprint density at radius 2 is 1.17 bits per heavy atom. The summed E-state index contributed by atoms with van der Waals surface area (Å²) >= 11 is 12.7. The lowest BCUT2D eigenvalue weighted by Crippen LogP contribution is -2.46. The monoisotopic (exact) mass is 347 g/mol. The van der Waals surface area contributed by atoms with Gasteiger partial charge in [-0.2, -0.15) is 0 Å². The number of carbonyl (C=O) groups is 1. The van der Waals surface area contributed by atoms with Gasteiger partial charge in [0.1, 0.15) is 5.78 Å². The van der Waals surface area contributed by atoms with Gasteiger partial charge >= 0.3 is 0 Å². The summed E-state index contributed by atoms with van der Waals surface area (Å²) in [6, 6.07) is 15.1. The number of benzene rings is 2. The van der Waals surface area contributed by atoms with E-state index in [0.717, 1.165) is 11.1 Å². The minimum Gasteiger partial charge on any atom is -0.302 e. The second kappa shape index (κ2) is 6.64. The van der Waals surface area contributed by atoms with Gasteiger partial charge in [0.15, 0.2) is 0 Å². The Labute approximate surface area is 146 Å². The number of hydrogen-bond acceptors (Lipinski definition) is 2. The Kier molecular flexibility index (Phi) is 4.77. The summed E-state index contributed by atoms with van der Waals surface area (Å²) in [6.07, 6.45) is 0. The Morgan fingerprint density at radius 3 is 1.57 bits per heavy atom. The molecule has 1 aliphatic heterocycles. The van der Waals surface area contributed by atoms with E-state index in [1.54, 1.807) is 0 Å². The Balaban J connectivity index is 2.02. The number of carbonyl (C=O) groups excluding carboxylic acids is 1. The van der Waals surface area contributed by atoms with Crippen molar-refractivity contribution < 1.29 is 4.79 Å². The van der Waals surface area contributed by atoms with Crippen LogP contribution in [0.15, 0.2) is 48.5 Å². The van der Waals surface area contributed by atoms with Gasteiger partial charge in [0, 0.05) is 34.0 Å². The van der Waals surface area contributed by atoms with Crippen LogP contribution in [0.1, 0.15) is 37.1 Å². The van der Waals surface area contributed by atoms with Gasteiger partial charge in [0.2, 0.25) is 0 Å². The molecule has 4 heteroatoms. The summed E-state index contributed by atoms with van der Waals surface area (Å²) in [4.78, 5) is 12.8. The predicted octanol–water partition coefficient (Wildman–Crippen LogP) is 5.22. The molecule has 2 aromatic rings. The molecule has 4 atom stereocenters. The van der Waals surface area contributed by atoms with Crippen LogP contribution in [0.3, 0.4) is 0 Å². The standard InChI is InChI=1S/C19H19Cl2NO/c1-11-17(13-7-3-5-9-15(13)20)22-18(12(2)19(11)23)14-8-4-6-10-16(14)21/h3-12,17-18,22H,1-2H3/t11-,12-,17-,18-/m0/s1. The van der Waals surface area contributed by atoms with E-state index in [-0.39, 0.29) is 29.7 Å². The molecule has 2 aromatic carbocycles. The number of halogens is 2. The van der Waals surface area contributed by atoms with Crippen LogP contribution in [0.25, 0.3) is 0 Å². The first kappa shape index (κ1) is 16.5. The minimum atomic E-state index is -0.136. The highest BCUT2D eigenvalue weighted by Gasteiger charge is 2.41. The molecule has 0 saturated carbocycles. The molecule has 0 radical (unpaired) electrons. The molecule has 1 aliphatic rings. The summed E-state index contributed by atoms with van der Waals surface area (Å²) in [5.41, 5.74) is 1.91. The lowest BCUT2D eigenvalue weighted by Gasteiger charge is -2.40. The predicted molar refractivity (Wildman–Crippen MR) is 94.9 cm³/mol. The number of hydrogen-bond donors (Lipinski definition) is 1. The van der Waals surface area contributed by atoms with Crippen LogP contribution in [-0.4, -0.2) is 5.78 Å².